The van der Waals surface area contributed by atoms with Crippen molar-refractivity contribution in [3.8, 4) is 23.0 Å². The van der Waals surface area contributed by atoms with E-state index in [1.54, 1.807) is 34.5 Å². The SMILES string of the molecule is COc1cc(CO)c(Cc2cc(Br)c(OC)c(Br)c2OC)c(Br)c1OC. The van der Waals surface area contributed by atoms with E-state index in [9.17, 15) is 5.11 Å². The molecular formula is C18H19Br3O5. The van der Waals surface area contributed by atoms with E-state index in [4.69, 9.17) is 18.9 Å². The first-order valence-electron chi connectivity index (χ1n) is 7.55. The van der Waals surface area contributed by atoms with E-state index in [0.717, 1.165) is 25.6 Å². The maximum Gasteiger partial charge on any atom is 0.175 e. The maximum atomic E-state index is 9.84. The van der Waals surface area contributed by atoms with Crippen LogP contribution in [0.25, 0.3) is 0 Å². The first-order chi connectivity index (χ1) is 12.4. The molecule has 0 aliphatic carbocycles. The Morgan fingerprint density at radius 3 is 1.88 bits per heavy atom. The van der Waals surface area contributed by atoms with Crippen LogP contribution in [0.5, 0.6) is 23.0 Å². The van der Waals surface area contributed by atoms with E-state index in [0.29, 0.717) is 33.9 Å². The summed E-state index contributed by atoms with van der Waals surface area (Å²) in [6.45, 7) is -0.130. The van der Waals surface area contributed by atoms with Gasteiger partial charge in [-0.05, 0) is 71.0 Å². The number of rotatable bonds is 7. The predicted molar refractivity (Wildman–Crippen MR) is 111 cm³/mol. The number of benzene rings is 2. The molecule has 0 radical (unpaired) electrons. The third-order valence-electron chi connectivity index (χ3n) is 3.96. The van der Waals surface area contributed by atoms with E-state index in [2.05, 4.69) is 47.8 Å². The highest BCUT2D eigenvalue weighted by Gasteiger charge is 2.22. The van der Waals surface area contributed by atoms with Crippen molar-refractivity contribution >= 4 is 47.8 Å². The summed E-state index contributed by atoms with van der Waals surface area (Å²) in [4.78, 5) is 0. The molecule has 2 aromatic carbocycles. The van der Waals surface area contributed by atoms with Gasteiger partial charge in [-0.2, -0.15) is 0 Å². The molecule has 26 heavy (non-hydrogen) atoms. The smallest absolute Gasteiger partial charge is 0.175 e. The third-order valence-corrected chi connectivity index (χ3v) is 6.11. The van der Waals surface area contributed by atoms with Crippen LogP contribution < -0.4 is 18.9 Å². The average Bonchev–Trinajstić information content (AvgIpc) is 2.63. The van der Waals surface area contributed by atoms with E-state index >= 15 is 0 Å². The normalized spacial score (nSPS) is 10.6. The lowest BCUT2D eigenvalue weighted by atomic mass is 9.98. The second kappa shape index (κ2) is 9.30. The number of methoxy groups -OCH3 is 4. The molecule has 0 amide bonds. The molecule has 0 saturated carbocycles. The fourth-order valence-electron chi connectivity index (χ4n) is 2.73. The Bertz CT molecular complexity index is 808. The first kappa shape index (κ1) is 21.3. The lowest BCUT2D eigenvalue weighted by Crippen LogP contribution is -2.04. The molecule has 2 rings (SSSR count). The Morgan fingerprint density at radius 1 is 0.769 bits per heavy atom. The van der Waals surface area contributed by atoms with Gasteiger partial charge in [0.25, 0.3) is 0 Å². The van der Waals surface area contributed by atoms with E-state index in [1.165, 1.54) is 0 Å². The zero-order chi connectivity index (χ0) is 19.4. The van der Waals surface area contributed by atoms with Crippen LogP contribution in [0.15, 0.2) is 25.6 Å². The fourth-order valence-corrected chi connectivity index (χ4v) is 5.18. The Balaban J connectivity index is 2.65. The van der Waals surface area contributed by atoms with Crippen LogP contribution >= 0.6 is 47.8 Å². The monoisotopic (exact) mass is 552 g/mol. The molecule has 1 N–H and O–H groups in total. The quantitative estimate of drug-likeness (QED) is 0.517. The van der Waals surface area contributed by atoms with Crippen molar-refractivity contribution in [2.24, 2.45) is 0 Å². The molecule has 142 valence electrons. The van der Waals surface area contributed by atoms with Crippen molar-refractivity contribution < 1.29 is 24.1 Å². The van der Waals surface area contributed by atoms with Crippen molar-refractivity contribution in [1.82, 2.24) is 0 Å². The fraction of sp³-hybridized carbons (Fsp3) is 0.333. The molecule has 0 aromatic heterocycles. The molecule has 0 bridgehead atoms. The predicted octanol–water partition coefficient (Wildman–Crippen LogP) is 5.09. The standard InChI is InChI=1S/C18H19Br3O5/c1-23-13-7-10(8-22)11(14(20)18(13)26-4)5-9-6-12(19)17(25-3)15(21)16(9)24-2/h6-7,22H,5,8H2,1-4H3. The van der Waals surface area contributed by atoms with Gasteiger partial charge in [0.05, 0.1) is 44.0 Å². The van der Waals surface area contributed by atoms with Gasteiger partial charge in [-0.15, -0.1) is 0 Å². The van der Waals surface area contributed by atoms with Crippen LogP contribution in [0.1, 0.15) is 16.7 Å². The van der Waals surface area contributed by atoms with Crippen molar-refractivity contribution in [2.45, 2.75) is 13.0 Å². The average molecular weight is 555 g/mol. The lowest BCUT2D eigenvalue weighted by Gasteiger charge is -2.19. The minimum atomic E-state index is -0.130. The van der Waals surface area contributed by atoms with Gasteiger partial charge in [0.1, 0.15) is 10.2 Å². The highest BCUT2D eigenvalue weighted by Crippen LogP contribution is 2.46. The highest BCUT2D eigenvalue weighted by molar-refractivity contribution is 9.11. The van der Waals surface area contributed by atoms with E-state index in [1.807, 2.05) is 6.07 Å². The van der Waals surface area contributed by atoms with Gasteiger partial charge < -0.3 is 24.1 Å². The van der Waals surface area contributed by atoms with Gasteiger partial charge in [0, 0.05) is 12.0 Å². The minimum Gasteiger partial charge on any atom is -0.495 e. The second-order valence-corrected chi connectivity index (χ2v) is 7.74. The van der Waals surface area contributed by atoms with Crippen LogP contribution in [0.3, 0.4) is 0 Å². The van der Waals surface area contributed by atoms with Gasteiger partial charge in [-0.25, -0.2) is 0 Å². The Kier molecular flexibility index (Phi) is 7.63. The summed E-state index contributed by atoms with van der Waals surface area (Å²) in [6.07, 6.45) is 0.501. The molecule has 0 saturated heterocycles. The third kappa shape index (κ3) is 3.98. The molecule has 0 spiro atoms. The Labute approximate surface area is 178 Å². The molecular weight excluding hydrogens is 536 g/mol. The van der Waals surface area contributed by atoms with Gasteiger partial charge >= 0.3 is 0 Å². The molecule has 2 aromatic rings. The number of halogens is 3. The molecule has 5 nitrogen and oxygen atoms in total. The molecule has 0 atom stereocenters. The van der Waals surface area contributed by atoms with Crippen LogP contribution in [-0.2, 0) is 13.0 Å². The molecule has 0 heterocycles. The van der Waals surface area contributed by atoms with Crippen LogP contribution in [0, 0.1) is 0 Å². The number of aliphatic hydroxyl groups is 1. The van der Waals surface area contributed by atoms with Crippen molar-refractivity contribution in [3.63, 3.8) is 0 Å². The molecule has 0 fully saturated rings. The number of ether oxygens (including phenoxy) is 4. The first-order valence-corrected chi connectivity index (χ1v) is 9.93. The van der Waals surface area contributed by atoms with Gasteiger partial charge in [0.2, 0.25) is 0 Å². The van der Waals surface area contributed by atoms with E-state index < -0.39 is 0 Å². The zero-order valence-corrected chi connectivity index (χ0v) is 19.5. The summed E-state index contributed by atoms with van der Waals surface area (Å²) in [5.41, 5.74) is 2.53. The molecule has 0 aliphatic heterocycles. The zero-order valence-electron chi connectivity index (χ0n) is 14.8. The second-order valence-electron chi connectivity index (χ2n) is 5.30. The Hall–Kier alpha value is -0.960. The summed E-state index contributed by atoms with van der Waals surface area (Å²) < 4.78 is 24.0. The van der Waals surface area contributed by atoms with Gasteiger partial charge in [-0.3, -0.25) is 0 Å². The topological polar surface area (TPSA) is 57.2 Å². The maximum absolute atomic E-state index is 9.84. The van der Waals surface area contributed by atoms with Gasteiger partial charge in [0.15, 0.2) is 17.2 Å². The van der Waals surface area contributed by atoms with E-state index in [-0.39, 0.29) is 6.61 Å². The summed E-state index contributed by atoms with van der Waals surface area (Å²) in [7, 11) is 6.34. The van der Waals surface area contributed by atoms with Crippen molar-refractivity contribution in [2.75, 3.05) is 28.4 Å². The number of aliphatic hydroxyl groups excluding tert-OH is 1. The van der Waals surface area contributed by atoms with Crippen LogP contribution in [0.4, 0.5) is 0 Å². The largest absolute Gasteiger partial charge is 0.495 e. The molecule has 8 heteroatoms. The number of hydrogen-bond donors (Lipinski definition) is 1. The number of hydrogen-bond acceptors (Lipinski definition) is 5. The Morgan fingerprint density at radius 2 is 1.38 bits per heavy atom. The highest BCUT2D eigenvalue weighted by atomic mass is 79.9. The summed E-state index contributed by atoms with van der Waals surface area (Å²) in [5.74, 6) is 2.44. The van der Waals surface area contributed by atoms with Crippen LogP contribution in [0.2, 0.25) is 0 Å². The lowest BCUT2D eigenvalue weighted by molar-refractivity contribution is 0.278. The summed E-state index contributed by atoms with van der Waals surface area (Å²) >= 11 is 10.6. The summed E-state index contributed by atoms with van der Waals surface area (Å²) in [5, 5.41) is 9.84. The van der Waals surface area contributed by atoms with Crippen molar-refractivity contribution in [1.29, 1.82) is 0 Å². The minimum absolute atomic E-state index is 0.130. The van der Waals surface area contributed by atoms with Crippen molar-refractivity contribution in [3.05, 3.63) is 42.2 Å². The summed E-state index contributed by atoms with van der Waals surface area (Å²) in [6, 6.07) is 3.71. The molecule has 0 unspecified atom stereocenters. The molecule has 0 aliphatic rings. The van der Waals surface area contributed by atoms with Crippen LogP contribution in [-0.4, -0.2) is 33.5 Å². The van der Waals surface area contributed by atoms with Gasteiger partial charge in [-0.1, -0.05) is 0 Å².